The second-order valence-electron chi connectivity index (χ2n) is 3.92. The number of amides is 3. The van der Waals surface area contributed by atoms with Gasteiger partial charge in [-0.25, -0.2) is 9.69 Å². The molecule has 0 radical (unpaired) electrons. The molecule has 2 rings (SSSR count). The highest BCUT2D eigenvalue weighted by atomic mass is 32.1. The highest BCUT2D eigenvalue weighted by molar-refractivity contribution is 7.11. The lowest BCUT2D eigenvalue weighted by molar-refractivity contribution is -0.143. The number of carbonyl (C=O) groups excluding carboxylic acids is 3. The van der Waals surface area contributed by atoms with Crippen molar-refractivity contribution < 1.29 is 19.1 Å². The van der Waals surface area contributed by atoms with Gasteiger partial charge in [0.25, 0.3) is 5.91 Å². The Morgan fingerprint density at radius 3 is 2.84 bits per heavy atom. The van der Waals surface area contributed by atoms with Gasteiger partial charge < -0.3 is 10.1 Å². The van der Waals surface area contributed by atoms with Crippen molar-refractivity contribution in [1.82, 2.24) is 10.2 Å². The number of aryl methyl sites for hydroxylation is 1. The fraction of sp³-hybridized carbons (Fsp3) is 0.250. The normalized spacial score (nSPS) is 16.9. The van der Waals surface area contributed by atoms with E-state index in [0.717, 1.165) is 15.3 Å². The Hall–Kier alpha value is -2.15. The van der Waals surface area contributed by atoms with E-state index in [2.05, 4.69) is 10.1 Å². The Morgan fingerprint density at radius 2 is 2.26 bits per heavy atom. The molecule has 1 aliphatic heterocycles. The van der Waals surface area contributed by atoms with Gasteiger partial charge in [0.05, 0.1) is 7.11 Å². The van der Waals surface area contributed by atoms with Crippen LogP contribution in [0.15, 0.2) is 17.1 Å². The summed E-state index contributed by atoms with van der Waals surface area (Å²) in [5.41, 5.74) is 1.19. The van der Waals surface area contributed by atoms with Gasteiger partial charge in [0.1, 0.15) is 12.2 Å². The summed E-state index contributed by atoms with van der Waals surface area (Å²) in [6, 6.07) is 1.31. The van der Waals surface area contributed by atoms with E-state index in [1.165, 1.54) is 18.4 Å². The fourth-order valence-corrected chi connectivity index (χ4v) is 2.43. The zero-order chi connectivity index (χ0) is 14.0. The fourth-order valence-electron chi connectivity index (χ4n) is 1.57. The summed E-state index contributed by atoms with van der Waals surface area (Å²) in [6.45, 7) is 1.53. The Kier molecular flexibility index (Phi) is 3.66. The van der Waals surface area contributed by atoms with Gasteiger partial charge in [-0.3, -0.25) is 9.59 Å². The van der Waals surface area contributed by atoms with Crippen LogP contribution in [0.25, 0.3) is 6.08 Å². The molecule has 1 N–H and O–H groups in total. The largest absolute Gasteiger partial charge is 0.468 e. The van der Waals surface area contributed by atoms with E-state index in [-0.39, 0.29) is 12.2 Å². The lowest BCUT2D eigenvalue weighted by Crippen LogP contribution is -2.36. The molecule has 2 heterocycles. The third-order valence-corrected chi connectivity index (χ3v) is 3.62. The van der Waals surface area contributed by atoms with Crippen molar-refractivity contribution in [3.8, 4) is 0 Å². The topological polar surface area (TPSA) is 75.7 Å². The smallest absolute Gasteiger partial charge is 0.329 e. The highest BCUT2D eigenvalue weighted by Gasteiger charge is 2.35. The SMILES string of the molecule is COC(=O)CN1C(=O)NC(=Cc2sccc2C)C1=O. The van der Waals surface area contributed by atoms with Gasteiger partial charge in [0.15, 0.2) is 0 Å². The summed E-state index contributed by atoms with van der Waals surface area (Å²) >= 11 is 1.47. The number of hydrogen-bond donors (Lipinski definition) is 1. The number of nitrogens with zero attached hydrogens (tertiary/aromatic N) is 1. The van der Waals surface area contributed by atoms with Crippen LogP contribution in [0.3, 0.4) is 0 Å². The average molecular weight is 280 g/mol. The van der Waals surface area contributed by atoms with Crippen molar-refractivity contribution in [3.05, 3.63) is 27.6 Å². The van der Waals surface area contributed by atoms with Crippen molar-refractivity contribution in [3.63, 3.8) is 0 Å². The number of hydrogen-bond acceptors (Lipinski definition) is 5. The maximum absolute atomic E-state index is 12.0. The first-order chi connectivity index (χ1) is 9.02. The number of ether oxygens (including phenoxy) is 1. The van der Waals surface area contributed by atoms with Crippen LogP contribution in [0.5, 0.6) is 0 Å². The van der Waals surface area contributed by atoms with Crippen LogP contribution in [-0.4, -0.2) is 36.5 Å². The molecule has 0 aromatic carbocycles. The van der Waals surface area contributed by atoms with Crippen molar-refractivity contribution >= 4 is 35.3 Å². The van der Waals surface area contributed by atoms with Gasteiger partial charge in [-0.1, -0.05) is 0 Å². The molecule has 19 heavy (non-hydrogen) atoms. The second-order valence-corrected chi connectivity index (χ2v) is 4.87. The van der Waals surface area contributed by atoms with Crippen LogP contribution in [-0.2, 0) is 14.3 Å². The van der Waals surface area contributed by atoms with E-state index < -0.39 is 17.9 Å². The van der Waals surface area contributed by atoms with E-state index in [1.54, 1.807) is 6.08 Å². The Bertz CT molecular complexity index is 576. The molecular weight excluding hydrogens is 268 g/mol. The molecule has 0 aliphatic carbocycles. The first-order valence-electron chi connectivity index (χ1n) is 5.48. The molecule has 7 heteroatoms. The van der Waals surface area contributed by atoms with Gasteiger partial charge in [-0.2, -0.15) is 0 Å². The molecule has 3 amide bonds. The predicted octanol–water partition coefficient (Wildman–Crippen LogP) is 1.12. The van der Waals surface area contributed by atoms with Gasteiger partial charge in [-0.05, 0) is 30.0 Å². The van der Waals surface area contributed by atoms with Crippen molar-refractivity contribution in [2.24, 2.45) is 0 Å². The highest BCUT2D eigenvalue weighted by Crippen LogP contribution is 2.21. The third kappa shape index (κ3) is 2.65. The van der Waals surface area contributed by atoms with E-state index in [0.29, 0.717) is 0 Å². The van der Waals surface area contributed by atoms with Crippen LogP contribution >= 0.6 is 11.3 Å². The molecule has 1 aromatic rings. The molecule has 0 saturated carbocycles. The van der Waals surface area contributed by atoms with Gasteiger partial charge in [0, 0.05) is 4.88 Å². The standard InChI is InChI=1S/C12H12N2O4S/c1-7-3-4-19-9(7)5-8-11(16)14(12(17)13-8)6-10(15)18-2/h3-5H,6H2,1-2H3,(H,13,17). The summed E-state index contributed by atoms with van der Waals surface area (Å²) in [6.07, 6.45) is 1.61. The van der Waals surface area contributed by atoms with Crippen molar-refractivity contribution in [1.29, 1.82) is 0 Å². The van der Waals surface area contributed by atoms with Gasteiger partial charge in [-0.15, -0.1) is 11.3 Å². The lowest BCUT2D eigenvalue weighted by atomic mass is 10.2. The Balaban J connectivity index is 2.21. The van der Waals surface area contributed by atoms with Crippen LogP contribution in [0.4, 0.5) is 4.79 Å². The monoisotopic (exact) mass is 280 g/mol. The summed E-state index contributed by atoms with van der Waals surface area (Å²) in [7, 11) is 1.20. The molecular formula is C12H12N2O4S. The zero-order valence-electron chi connectivity index (χ0n) is 10.4. The van der Waals surface area contributed by atoms with Gasteiger partial charge >= 0.3 is 12.0 Å². The Morgan fingerprint density at radius 1 is 1.53 bits per heavy atom. The summed E-state index contributed by atoms with van der Waals surface area (Å²) < 4.78 is 4.44. The number of carbonyl (C=O) groups is 3. The number of rotatable bonds is 3. The minimum absolute atomic E-state index is 0.166. The molecule has 1 aromatic heterocycles. The van der Waals surface area contributed by atoms with Crippen LogP contribution in [0.1, 0.15) is 10.4 Å². The number of methoxy groups -OCH3 is 1. The maximum atomic E-state index is 12.0. The zero-order valence-corrected chi connectivity index (χ0v) is 11.2. The first kappa shape index (κ1) is 13.3. The molecule has 1 aliphatic rings. The minimum atomic E-state index is -0.642. The number of thiophene rings is 1. The molecule has 1 fully saturated rings. The summed E-state index contributed by atoms with van der Waals surface area (Å²) in [4.78, 5) is 36.4. The molecule has 100 valence electrons. The quantitative estimate of drug-likeness (QED) is 0.511. The number of imide groups is 1. The molecule has 1 saturated heterocycles. The minimum Gasteiger partial charge on any atom is -0.468 e. The number of nitrogens with one attached hydrogen (secondary N) is 1. The van der Waals surface area contributed by atoms with Crippen molar-refractivity contribution in [2.75, 3.05) is 13.7 Å². The van der Waals surface area contributed by atoms with E-state index >= 15 is 0 Å². The summed E-state index contributed by atoms with van der Waals surface area (Å²) in [5, 5.41) is 4.34. The van der Waals surface area contributed by atoms with E-state index in [4.69, 9.17) is 0 Å². The molecule has 0 spiro atoms. The predicted molar refractivity (Wildman–Crippen MR) is 69.3 cm³/mol. The maximum Gasteiger partial charge on any atom is 0.329 e. The van der Waals surface area contributed by atoms with E-state index in [9.17, 15) is 14.4 Å². The molecule has 0 atom stereocenters. The Labute approximate surface area is 113 Å². The molecule has 6 nitrogen and oxygen atoms in total. The first-order valence-corrected chi connectivity index (χ1v) is 6.36. The van der Waals surface area contributed by atoms with Crippen molar-refractivity contribution in [2.45, 2.75) is 6.92 Å². The molecule has 0 bridgehead atoms. The number of esters is 1. The van der Waals surface area contributed by atoms with Crippen LogP contribution < -0.4 is 5.32 Å². The lowest BCUT2D eigenvalue weighted by Gasteiger charge is -2.08. The van der Waals surface area contributed by atoms with Crippen LogP contribution in [0.2, 0.25) is 0 Å². The third-order valence-electron chi connectivity index (χ3n) is 2.65. The molecule has 0 unspecified atom stereocenters. The van der Waals surface area contributed by atoms with Crippen LogP contribution in [0, 0.1) is 6.92 Å². The second kappa shape index (κ2) is 5.23. The van der Waals surface area contributed by atoms with E-state index in [1.807, 2.05) is 18.4 Å². The van der Waals surface area contributed by atoms with Gasteiger partial charge in [0.2, 0.25) is 0 Å². The summed E-state index contributed by atoms with van der Waals surface area (Å²) in [5.74, 6) is -1.17. The average Bonchev–Trinajstić information content (AvgIpc) is 2.89. The number of urea groups is 1.